The van der Waals surface area contributed by atoms with Crippen molar-refractivity contribution in [2.75, 3.05) is 6.61 Å². The number of nitrogens with zero attached hydrogens (tertiary/aromatic N) is 1. The molecule has 1 aromatic rings. The van der Waals surface area contributed by atoms with Gasteiger partial charge < -0.3 is 5.11 Å². The maximum absolute atomic E-state index is 12.0. The van der Waals surface area contributed by atoms with Gasteiger partial charge in [-0.15, -0.1) is 0 Å². The molecule has 1 aliphatic carbocycles. The molecule has 2 aliphatic rings. The Morgan fingerprint density at radius 1 is 1.12 bits per heavy atom. The fraction of sp³-hybridized carbons (Fsp3) is 0.333. The van der Waals surface area contributed by atoms with E-state index in [0.717, 1.165) is 0 Å². The lowest BCUT2D eigenvalue weighted by atomic mass is 10.1. The van der Waals surface area contributed by atoms with Crippen LogP contribution in [0.5, 0.6) is 0 Å². The van der Waals surface area contributed by atoms with Gasteiger partial charge in [0, 0.05) is 0 Å². The highest BCUT2D eigenvalue weighted by molar-refractivity contribution is 6.22. The number of aliphatic hydroxyl groups is 1. The van der Waals surface area contributed by atoms with E-state index in [4.69, 9.17) is 0 Å². The molecular formula is C12H11NO3. The second-order valence-electron chi connectivity index (χ2n) is 4.37. The van der Waals surface area contributed by atoms with Crippen molar-refractivity contribution in [2.24, 2.45) is 0 Å². The van der Waals surface area contributed by atoms with Gasteiger partial charge in [0.05, 0.1) is 23.3 Å². The van der Waals surface area contributed by atoms with Crippen molar-refractivity contribution in [3.8, 4) is 0 Å². The Bertz CT molecular complexity index is 456. The highest BCUT2D eigenvalue weighted by Crippen LogP contribution is 2.45. The van der Waals surface area contributed by atoms with Crippen molar-refractivity contribution >= 4 is 11.8 Å². The van der Waals surface area contributed by atoms with Crippen LogP contribution in [0.1, 0.15) is 33.6 Å². The normalized spacial score (nSPS) is 21.2. The zero-order valence-corrected chi connectivity index (χ0v) is 8.64. The van der Waals surface area contributed by atoms with Crippen LogP contribution in [0.4, 0.5) is 0 Å². The molecular weight excluding hydrogens is 206 g/mol. The van der Waals surface area contributed by atoms with Crippen LogP contribution in [0.25, 0.3) is 0 Å². The Balaban J connectivity index is 2.08. The summed E-state index contributed by atoms with van der Waals surface area (Å²) in [5.74, 6) is -0.542. The first-order valence-corrected chi connectivity index (χ1v) is 5.28. The number of fused-ring (bicyclic) bond motifs is 1. The van der Waals surface area contributed by atoms with E-state index >= 15 is 0 Å². The third-order valence-corrected chi connectivity index (χ3v) is 3.39. The Morgan fingerprint density at radius 3 is 2.00 bits per heavy atom. The molecule has 0 spiro atoms. The lowest BCUT2D eigenvalue weighted by Gasteiger charge is -2.23. The van der Waals surface area contributed by atoms with Gasteiger partial charge in [-0.2, -0.15) is 0 Å². The molecule has 4 heteroatoms. The summed E-state index contributed by atoms with van der Waals surface area (Å²) in [5.41, 5.74) is 0.284. The van der Waals surface area contributed by atoms with Crippen LogP contribution in [0.15, 0.2) is 24.3 Å². The third-order valence-electron chi connectivity index (χ3n) is 3.39. The SMILES string of the molecule is O=C1c2ccccc2C(=O)N1C1(CO)CC1. The van der Waals surface area contributed by atoms with Gasteiger partial charge >= 0.3 is 0 Å². The molecule has 0 saturated heterocycles. The lowest BCUT2D eigenvalue weighted by molar-refractivity contribution is 0.0478. The molecule has 0 radical (unpaired) electrons. The second kappa shape index (κ2) is 2.92. The van der Waals surface area contributed by atoms with Gasteiger partial charge in [-0.05, 0) is 25.0 Å². The van der Waals surface area contributed by atoms with E-state index in [1.807, 2.05) is 0 Å². The minimum atomic E-state index is -0.618. The van der Waals surface area contributed by atoms with E-state index in [1.165, 1.54) is 4.90 Å². The van der Waals surface area contributed by atoms with Gasteiger partial charge in [0.2, 0.25) is 0 Å². The smallest absolute Gasteiger partial charge is 0.262 e. The summed E-state index contributed by atoms with van der Waals surface area (Å²) in [7, 11) is 0. The molecule has 4 nitrogen and oxygen atoms in total. The minimum absolute atomic E-state index is 0.140. The van der Waals surface area contributed by atoms with Gasteiger partial charge in [0.25, 0.3) is 11.8 Å². The van der Waals surface area contributed by atoms with E-state index in [2.05, 4.69) is 0 Å². The monoisotopic (exact) mass is 217 g/mol. The third kappa shape index (κ3) is 1.02. The highest BCUT2D eigenvalue weighted by Gasteiger charge is 2.55. The van der Waals surface area contributed by atoms with E-state index in [9.17, 15) is 14.7 Å². The predicted octanol–water partition coefficient (Wildman–Crippen LogP) is 0.808. The van der Waals surface area contributed by atoms with Crippen LogP contribution in [0.2, 0.25) is 0 Å². The Labute approximate surface area is 92.5 Å². The summed E-state index contributed by atoms with van der Waals surface area (Å²) >= 11 is 0. The molecule has 1 aliphatic heterocycles. The van der Waals surface area contributed by atoms with Gasteiger partial charge in [-0.25, -0.2) is 0 Å². The summed E-state index contributed by atoms with van der Waals surface area (Å²) in [6.45, 7) is -0.140. The molecule has 82 valence electrons. The molecule has 16 heavy (non-hydrogen) atoms. The summed E-state index contributed by atoms with van der Waals surface area (Å²) < 4.78 is 0. The van der Waals surface area contributed by atoms with Crippen molar-refractivity contribution in [1.82, 2.24) is 4.90 Å². The van der Waals surface area contributed by atoms with Crippen LogP contribution in [0, 0.1) is 0 Å². The first-order valence-electron chi connectivity index (χ1n) is 5.28. The Morgan fingerprint density at radius 2 is 1.62 bits per heavy atom. The summed E-state index contributed by atoms with van der Waals surface area (Å²) in [4.78, 5) is 25.3. The molecule has 0 bridgehead atoms. The zero-order chi connectivity index (χ0) is 11.3. The number of carbonyl (C=O) groups excluding carboxylic acids is 2. The molecule has 2 amide bonds. The lowest BCUT2D eigenvalue weighted by Crippen LogP contribution is -2.44. The molecule has 0 aromatic heterocycles. The van der Waals surface area contributed by atoms with Gasteiger partial charge in [0.15, 0.2) is 0 Å². The minimum Gasteiger partial charge on any atom is -0.394 e. The fourth-order valence-corrected chi connectivity index (χ4v) is 2.22. The number of carbonyl (C=O) groups is 2. The maximum Gasteiger partial charge on any atom is 0.262 e. The maximum atomic E-state index is 12.0. The molecule has 0 atom stereocenters. The van der Waals surface area contributed by atoms with Gasteiger partial charge in [-0.3, -0.25) is 14.5 Å². The molecule has 0 unspecified atom stereocenters. The number of aliphatic hydroxyl groups excluding tert-OH is 1. The molecule has 1 N–H and O–H groups in total. The van der Waals surface area contributed by atoms with Crippen LogP contribution < -0.4 is 0 Å². The van der Waals surface area contributed by atoms with Crippen molar-refractivity contribution in [3.63, 3.8) is 0 Å². The van der Waals surface area contributed by atoms with Gasteiger partial charge in [0.1, 0.15) is 0 Å². The first-order chi connectivity index (χ1) is 7.69. The molecule has 1 aromatic carbocycles. The largest absolute Gasteiger partial charge is 0.394 e. The van der Waals surface area contributed by atoms with Crippen molar-refractivity contribution < 1.29 is 14.7 Å². The predicted molar refractivity (Wildman–Crippen MR) is 56.0 cm³/mol. The van der Waals surface area contributed by atoms with Crippen molar-refractivity contribution in [3.05, 3.63) is 35.4 Å². The number of imide groups is 1. The average Bonchev–Trinajstić information content (AvgIpc) is 3.05. The van der Waals surface area contributed by atoms with Gasteiger partial charge in [-0.1, -0.05) is 12.1 Å². The Hall–Kier alpha value is -1.68. The highest BCUT2D eigenvalue weighted by atomic mass is 16.3. The van der Waals surface area contributed by atoms with Crippen molar-refractivity contribution in [1.29, 1.82) is 0 Å². The van der Waals surface area contributed by atoms with Crippen LogP contribution >= 0.6 is 0 Å². The first kappa shape index (κ1) is 9.54. The summed E-state index contributed by atoms with van der Waals surface area (Å²) in [6, 6.07) is 6.80. The molecule has 1 saturated carbocycles. The number of rotatable bonds is 2. The zero-order valence-electron chi connectivity index (χ0n) is 8.64. The molecule has 3 rings (SSSR count). The van der Waals surface area contributed by atoms with E-state index in [0.29, 0.717) is 24.0 Å². The number of hydrogen-bond donors (Lipinski definition) is 1. The van der Waals surface area contributed by atoms with E-state index in [1.54, 1.807) is 24.3 Å². The number of amides is 2. The molecule has 1 heterocycles. The summed E-state index contributed by atoms with van der Waals surface area (Å²) in [6.07, 6.45) is 1.41. The standard InChI is InChI=1S/C12H11NO3/c14-7-12(5-6-12)13-10(15)8-3-1-2-4-9(8)11(13)16/h1-4,14H,5-7H2. The Kier molecular flexibility index (Phi) is 1.74. The molecule has 1 fully saturated rings. The van der Waals surface area contributed by atoms with E-state index in [-0.39, 0.29) is 18.4 Å². The topological polar surface area (TPSA) is 57.6 Å². The average molecular weight is 217 g/mol. The second-order valence-corrected chi connectivity index (χ2v) is 4.37. The van der Waals surface area contributed by atoms with Crippen LogP contribution in [-0.2, 0) is 0 Å². The summed E-state index contributed by atoms with van der Waals surface area (Å²) in [5, 5.41) is 9.29. The number of hydrogen-bond acceptors (Lipinski definition) is 3. The van der Waals surface area contributed by atoms with Crippen LogP contribution in [0.3, 0.4) is 0 Å². The van der Waals surface area contributed by atoms with E-state index < -0.39 is 5.54 Å². The van der Waals surface area contributed by atoms with Crippen molar-refractivity contribution in [2.45, 2.75) is 18.4 Å². The quantitative estimate of drug-likeness (QED) is 0.746. The van der Waals surface area contributed by atoms with Crippen LogP contribution in [-0.4, -0.2) is 34.0 Å². The fourth-order valence-electron chi connectivity index (χ4n) is 2.22. The number of benzene rings is 1.